The molecule has 0 saturated heterocycles. The van der Waals surface area contributed by atoms with E-state index in [-0.39, 0.29) is 17.1 Å². The molecular formula is C18H20FNO8. The highest BCUT2D eigenvalue weighted by molar-refractivity contribution is 5.95. The SMILES string of the molecule is Cc1oc([C@H](O)[C@@H](O)[C@H](O)CO)cc1C(=O)OCC(=O)Nc1ccc(F)cc1. The Morgan fingerprint density at radius 3 is 2.46 bits per heavy atom. The molecule has 0 spiro atoms. The predicted molar refractivity (Wildman–Crippen MR) is 92.8 cm³/mol. The van der Waals surface area contributed by atoms with Gasteiger partial charge in [-0.15, -0.1) is 0 Å². The van der Waals surface area contributed by atoms with Crippen LogP contribution in [0.1, 0.15) is 28.0 Å². The maximum Gasteiger partial charge on any atom is 0.342 e. The Morgan fingerprint density at radius 1 is 1.21 bits per heavy atom. The predicted octanol–water partition coefficient (Wildman–Crippen LogP) is 0.270. The molecule has 0 unspecified atom stereocenters. The van der Waals surface area contributed by atoms with E-state index < -0.39 is 49.2 Å². The summed E-state index contributed by atoms with van der Waals surface area (Å²) in [6, 6.07) is 6.11. The summed E-state index contributed by atoms with van der Waals surface area (Å²) in [4.78, 5) is 23.9. The number of ether oxygens (including phenoxy) is 1. The number of esters is 1. The summed E-state index contributed by atoms with van der Waals surface area (Å²) in [6.07, 6.45) is -5.03. The van der Waals surface area contributed by atoms with Gasteiger partial charge in [-0.1, -0.05) is 0 Å². The van der Waals surface area contributed by atoms with Crippen LogP contribution in [0.4, 0.5) is 10.1 Å². The molecule has 0 aliphatic heterocycles. The van der Waals surface area contributed by atoms with E-state index >= 15 is 0 Å². The van der Waals surface area contributed by atoms with Crippen molar-refractivity contribution >= 4 is 17.6 Å². The number of benzene rings is 1. The van der Waals surface area contributed by atoms with Gasteiger partial charge in [0.15, 0.2) is 6.61 Å². The molecule has 0 aliphatic carbocycles. The standard InChI is InChI=1S/C18H20FNO8/c1-9-12(6-14(28-9)17(25)16(24)13(22)7-21)18(26)27-8-15(23)20-11-4-2-10(19)3-5-11/h2-6,13,16-17,21-22,24-25H,7-8H2,1H3,(H,20,23)/t13-,16+,17+/m1/s1. The first kappa shape index (κ1) is 21.5. The van der Waals surface area contributed by atoms with E-state index in [0.717, 1.165) is 18.2 Å². The van der Waals surface area contributed by atoms with Gasteiger partial charge in [0.25, 0.3) is 5.91 Å². The average molecular weight is 397 g/mol. The van der Waals surface area contributed by atoms with Crippen molar-refractivity contribution in [2.45, 2.75) is 25.2 Å². The number of anilines is 1. The van der Waals surface area contributed by atoms with E-state index in [0.29, 0.717) is 5.69 Å². The Balaban J connectivity index is 1.96. The number of rotatable bonds is 8. The van der Waals surface area contributed by atoms with Gasteiger partial charge in [0, 0.05) is 5.69 Å². The van der Waals surface area contributed by atoms with Crippen LogP contribution in [0.3, 0.4) is 0 Å². The van der Waals surface area contributed by atoms with Crippen LogP contribution in [0.5, 0.6) is 0 Å². The van der Waals surface area contributed by atoms with Crippen molar-refractivity contribution in [3.8, 4) is 0 Å². The topological polar surface area (TPSA) is 149 Å². The fraction of sp³-hybridized carbons (Fsp3) is 0.333. The van der Waals surface area contributed by atoms with Crippen LogP contribution in [-0.2, 0) is 9.53 Å². The second-order valence-corrected chi connectivity index (χ2v) is 5.94. The second-order valence-electron chi connectivity index (χ2n) is 5.94. The number of carbonyl (C=O) groups excluding carboxylic acids is 2. The number of nitrogens with one attached hydrogen (secondary N) is 1. The number of halogens is 1. The lowest BCUT2D eigenvalue weighted by atomic mass is 10.1. The monoisotopic (exact) mass is 397 g/mol. The molecule has 0 radical (unpaired) electrons. The molecule has 0 bridgehead atoms. The maximum atomic E-state index is 12.8. The molecule has 3 atom stereocenters. The minimum absolute atomic E-state index is 0.0590. The van der Waals surface area contributed by atoms with Gasteiger partial charge in [-0.25, -0.2) is 9.18 Å². The van der Waals surface area contributed by atoms with Crippen LogP contribution in [0, 0.1) is 12.7 Å². The Labute approximate surface area is 159 Å². The van der Waals surface area contributed by atoms with E-state index in [2.05, 4.69) is 5.32 Å². The zero-order valence-electron chi connectivity index (χ0n) is 14.8. The number of hydrogen-bond donors (Lipinski definition) is 5. The Kier molecular flexibility index (Phi) is 7.24. The summed E-state index contributed by atoms with van der Waals surface area (Å²) in [5.74, 6) is -2.19. The van der Waals surface area contributed by atoms with Crippen molar-refractivity contribution in [2.24, 2.45) is 0 Å². The van der Waals surface area contributed by atoms with Crippen LogP contribution in [0.2, 0.25) is 0 Å². The zero-order chi connectivity index (χ0) is 20.8. The third-order valence-corrected chi connectivity index (χ3v) is 3.82. The average Bonchev–Trinajstić information content (AvgIpc) is 3.07. The van der Waals surface area contributed by atoms with Crippen LogP contribution in [0.15, 0.2) is 34.7 Å². The molecule has 28 heavy (non-hydrogen) atoms. The molecule has 1 amide bonds. The zero-order valence-corrected chi connectivity index (χ0v) is 14.8. The molecular weight excluding hydrogens is 377 g/mol. The number of aryl methyl sites for hydroxylation is 1. The third kappa shape index (κ3) is 5.36. The molecule has 2 aromatic rings. The molecule has 1 aromatic heterocycles. The number of hydrogen-bond acceptors (Lipinski definition) is 8. The van der Waals surface area contributed by atoms with E-state index in [1.165, 1.54) is 19.1 Å². The maximum absolute atomic E-state index is 12.8. The highest BCUT2D eigenvalue weighted by Gasteiger charge is 2.30. The van der Waals surface area contributed by atoms with Crippen LogP contribution >= 0.6 is 0 Å². The highest BCUT2D eigenvalue weighted by Crippen LogP contribution is 2.25. The number of aliphatic hydroxyl groups excluding tert-OH is 4. The minimum Gasteiger partial charge on any atom is -0.463 e. The fourth-order valence-corrected chi connectivity index (χ4v) is 2.28. The first-order chi connectivity index (χ1) is 13.2. The Morgan fingerprint density at radius 2 is 1.86 bits per heavy atom. The quantitative estimate of drug-likeness (QED) is 0.399. The van der Waals surface area contributed by atoms with Crippen molar-refractivity contribution in [1.82, 2.24) is 0 Å². The van der Waals surface area contributed by atoms with Gasteiger partial charge in [0.1, 0.15) is 41.2 Å². The lowest BCUT2D eigenvalue weighted by Gasteiger charge is -2.19. The van der Waals surface area contributed by atoms with E-state index in [4.69, 9.17) is 14.3 Å². The minimum atomic E-state index is -1.74. The Bertz CT molecular complexity index is 819. The summed E-state index contributed by atoms with van der Waals surface area (Å²) >= 11 is 0. The van der Waals surface area contributed by atoms with E-state index in [1.54, 1.807) is 0 Å². The molecule has 1 aromatic carbocycles. The van der Waals surface area contributed by atoms with Gasteiger partial charge < -0.3 is 34.9 Å². The van der Waals surface area contributed by atoms with Gasteiger partial charge in [0.2, 0.25) is 0 Å². The second kappa shape index (κ2) is 9.42. The third-order valence-electron chi connectivity index (χ3n) is 3.82. The smallest absolute Gasteiger partial charge is 0.342 e. The van der Waals surface area contributed by atoms with Gasteiger partial charge in [0.05, 0.1) is 6.61 Å². The summed E-state index contributed by atoms with van der Waals surface area (Å²) in [5.41, 5.74) is 0.234. The Hall–Kier alpha value is -2.79. The van der Waals surface area contributed by atoms with Crippen molar-refractivity contribution in [3.63, 3.8) is 0 Å². The molecule has 9 nitrogen and oxygen atoms in total. The van der Waals surface area contributed by atoms with Gasteiger partial charge >= 0.3 is 5.97 Å². The number of furan rings is 1. The van der Waals surface area contributed by atoms with Crippen LogP contribution < -0.4 is 5.32 Å². The van der Waals surface area contributed by atoms with Gasteiger partial charge in [-0.05, 0) is 37.3 Å². The molecule has 152 valence electrons. The highest BCUT2D eigenvalue weighted by atomic mass is 19.1. The normalized spacial score (nSPS) is 14.2. The van der Waals surface area contributed by atoms with Crippen molar-refractivity contribution < 1.29 is 43.6 Å². The molecule has 0 saturated carbocycles. The number of carbonyl (C=O) groups is 2. The number of aliphatic hydroxyl groups is 4. The largest absolute Gasteiger partial charge is 0.463 e. The lowest BCUT2D eigenvalue weighted by Crippen LogP contribution is -2.34. The van der Waals surface area contributed by atoms with E-state index in [9.17, 15) is 29.3 Å². The van der Waals surface area contributed by atoms with Crippen molar-refractivity contribution in [2.75, 3.05) is 18.5 Å². The first-order valence-electron chi connectivity index (χ1n) is 8.20. The molecule has 10 heteroatoms. The van der Waals surface area contributed by atoms with Crippen LogP contribution in [0.25, 0.3) is 0 Å². The first-order valence-corrected chi connectivity index (χ1v) is 8.20. The summed E-state index contributed by atoms with van der Waals surface area (Å²) < 4.78 is 22.9. The van der Waals surface area contributed by atoms with Gasteiger partial charge in [-0.3, -0.25) is 4.79 Å². The molecule has 1 heterocycles. The van der Waals surface area contributed by atoms with Crippen molar-refractivity contribution in [3.05, 3.63) is 53.2 Å². The molecule has 0 aliphatic rings. The lowest BCUT2D eigenvalue weighted by molar-refractivity contribution is -0.119. The molecule has 0 fully saturated rings. The molecule has 5 N–H and O–H groups in total. The van der Waals surface area contributed by atoms with E-state index in [1.807, 2.05) is 0 Å². The fourth-order valence-electron chi connectivity index (χ4n) is 2.28. The summed E-state index contributed by atoms with van der Waals surface area (Å²) in [5, 5.41) is 40.2. The number of amides is 1. The summed E-state index contributed by atoms with van der Waals surface area (Å²) in [7, 11) is 0. The molecule has 2 rings (SSSR count). The van der Waals surface area contributed by atoms with Gasteiger partial charge in [-0.2, -0.15) is 0 Å². The van der Waals surface area contributed by atoms with Crippen molar-refractivity contribution in [1.29, 1.82) is 0 Å². The van der Waals surface area contributed by atoms with Crippen LogP contribution in [-0.4, -0.2) is 57.7 Å². The summed E-state index contributed by atoms with van der Waals surface area (Å²) in [6.45, 7) is 0.000797.